The summed E-state index contributed by atoms with van der Waals surface area (Å²) in [6.07, 6.45) is 4.08. The summed E-state index contributed by atoms with van der Waals surface area (Å²) in [7, 11) is 0. The second-order valence-electron chi connectivity index (χ2n) is 22.5. The Bertz CT molecular complexity index is 2890. The Morgan fingerprint density at radius 2 is 1.41 bits per heavy atom. The number of likely N-dealkylation sites (tertiary alicyclic amines) is 1. The number of carbonyl (C=O) groups excluding carboxylic acids is 11. The normalized spacial score (nSPS) is 23.0. The third kappa shape index (κ3) is 19.0. The molecule has 0 bridgehead atoms. The van der Waals surface area contributed by atoms with E-state index < -0.39 is 126 Å². The van der Waals surface area contributed by atoms with Crippen LogP contribution in [-0.2, 0) is 65.6 Å². The molecule has 3 aliphatic rings. The second-order valence-corrected chi connectivity index (χ2v) is 22.5. The van der Waals surface area contributed by atoms with Gasteiger partial charge in [0, 0.05) is 63.0 Å². The van der Waals surface area contributed by atoms with Gasteiger partial charge in [-0.25, -0.2) is 0 Å². The fourth-order valence-electron chi connectivity index (χ4n) is 11.1. The number of aliphatic imine (C=N–C) groups is 1. The Hall–Kier alpha value is -8.58. The summed E-state index contributed by atoms with van der Waals surface area (Å²) >= 11 is 0. The molecule has 26 nitrogen and oxygen atoms in total. The third-order valence-electron chi connectivity index (χ3n) is 15.6. The number of H-pyrrole nitrogens is 1. The molecule has 0 spiro atoms. The molecule has 0 radical (unpaired) electrons. The van der Waals surface area contributed by atoms with Gasteiger partial charge in [0.05, 0.1) is 6.42 Å². The average Bonchev–Trinajstić information content (AvgIpc) is 4.35. The van der Waals surface area contributed by atoms with Crippen LogP contribution in [0.25, 0.3) is 10.9 Å². The van der Waals surface area contributed by atoms with Crippen molar-refractivity contribution in [3.8, 4) is 0 Å². The topological polar surface area (TPSA) is 397 Å². The maximum absolute atomic E-state index is 15.1. The quantitative estimate of drug-likeness (QED) is 0.0407. The number of nitrogens with one attached hydrogen (secondary N) is 9. The number of nitrogens with zero attached hydrogens (tertiary/aromatic N) is 3. The van der Waals surface area contributed by atoms with Gasteiger partial charge in [-0.2, -0.15) is 0 Å². The summed E-state index contributed by atoms with van der Waals surface area (Å²) in [6.45, 7) is 6.84. The Balaban J connectivity index is 1.41. The monoisotopic (exact) mass is 1180 g/mol. The van der Waals surface area contributed by atoms with E-state index in [1.165, 1.54) is 16.7 Å². The van der Waals surface area contributed by atoms with Crippen LogP contribution in [0.2, 0.25) is 0 Å². The van der Waals surface area contributed by atoms with Crippen molar-refractivity contribution in [1.82, 2.24) is 57.3 Å². The molecular formula is C59H85N15O11. The van der Waals surface area contributed by atoms with Crippen molar-refractivity contribution < 1.29 is 52.7 Å². The first kappa shape index (κ1) is 65.6. The molecule has 462 valence electrons. The van der Waals surface area contributed by atoms with Gasteiger partial charge in [0.25, 0.3) is 0 Å². The highest BCUT2D eigenvalue weighted by Gasteiger charge is 2.43. The lowest BCUT2D eigenvalue weighted by Crippen LogP contribution is -2.61. The number of carbonyl (C=O) groups is 11. The van der Waals surface area contributed by atoms with Crippen LogP contribution in [-0.4, -0.2) is 166 Å². The molecule has 1 aromatic heterocycles. The maximum atomic E-state index is 15.1. The molecule has 26 heteroatoms. The van der Waals surface area contributed by atoms with Crippen LogP contribution >= 0.6 is 0 Å². The van der Waals surface area contributed by atoms with E-state index in [9.17, 15) is 47.9 Å². The van der Waals surface area contributed by atoms with E-state index in [0.717, 1.165) is 10.9 Å². The van der Waals surface area contributed by atoms with Crippen LogP contribution in [0.5, 0.6) is 0 Å². The summed E-state index contributed by atoms with van der Waals surface area (Å²) in [5, 5.41) is 23.0. The molecule has 9 atom stereocenters. The first-order valence-electron chi connectivity index (χ1n) is 29.6. The first-order chi connectivity index (χ1) is 40.6. The summed E-state index contributed by atoms with van der Waals surface area (Å²) in [6, 6.07) is 4.86. The Kier molecular flexibility index (Phi) is 24.6. The number of amides is 11. The lowest BCUT2D eigenvalue weighted by Gasteiger charge is -2.31. The van der Waals surface area contributed by atoms with Gasteiger partial charge in [0.15, 0.2) is 5.96 Å². The van der Waals surface area contributed by atoms with Crippen molar-refractivity contribution in [1.29, 1.82) is 0 Å². The number of nitrogens with two attached hydrogens (primary N) is 3. The molecule has 3 fully saturated rings. The predicted molar refractivity (Wildman–Crippen MR) is 316 cm³/mol. The molecule has 85 heavy (non-hydrogen) atoms. The molecule has 0 unspecified atom stereocenters. The number of aromatic amines is 1. The van der Waals surface area contributed by atoms with E-state index in [0.29, 0.717) is 36.8 Å². The molecule has 0 saturated carbocycles. The van der Waals surface area contributed by atoms with Gasteiger partial charge in [0.1, 0.15) is 54.4 Å². The Morgan fingerprint density at radius 1 is 0.741 bits per heavy atom. The molecule has 2 aromatic carbocycles. The lowest BCUT2D eigenvalue weighted by atomic mass is 10.0. The number of hydrogen-bond donors (Lipinski definition) is 12. The van der Waals surface area contributed by atoms with E-state index in [1.807, 2.05) is 31.2 Å². The highest BCUT2D eigenvalue weighted by atomic mass is 16.2. The molecule has 11 amide bonds. The number of para-hydroxylation sites is 1. The first-order valence-corrected chi connectivity index (χ1v) is 29.6. The van der Waals surface area contributed by atoms with E-state index >= 15 is 4.79 Å². The summed E-state index contributed by atoms with van der Waals surface area (Å²) in [5.41, 5.74) is 18.9. The number of primary amides is 1. The Morgan fingerprint density at radius 3 is 2.12 bits per heavy atom. The van der Waals surface area contributed by atoms with Gasteiger partial charge in [-0.1, -0.05) is 82.1 Å². The zero-order chi connectivity index (χ0) is 61.7. The maximum Gasteiger partial charge on any atom is 0.246 e. The highest BCUT2D eigenvalue weighted by Crippen LogP contribution is 2.24. The number of unbranched alkanes of at least 4 members (excludes halogenated alkanes) is 1. The zero-order valence-electron chi connectivity index (χ0n) is 49.0. The van der Waals surface area contributed by atoms with Crippen LogP contribution in [0.3, 0.4) is 0 Å². The molecule has 6 rings (SSSR count). The minimum atomic E-state index is -1.51. The smallest absolute Gasteiger partial charge is 0.246 e. The van der Waals surface area contributed by atoms with Crippen LogP contribution in [0.1, 0.15) is 122 Å². The van der Waals surface area contributed by atoms with Gasteiger partial charge in [-0.15, -0.1) is 0 Å². The van der Waals surface area contributed by atoms with Crippen molar-refractivity contribution in [2.75, 3.05) is 26.2 Å². The molecule has 3 saturated heterocycles. The lowest BCUT2D eigenvalue weighted by molar-refractivity contribution is -0.143. The average molecular weight is 1180 g/mol. The zero-order valence-corrected chi connectivity index (χ0v) is 49.0. The number of guanidine groups is 1. The van der Waals surface area contributed by atoms with Crippen LogP contribution in [0, 0.1) is 5.92 Å². The fraction of sp³-hybridized carbons (Fsp3) is 0.559. The minimum absolute atomic E-state index is 0.00835. The number of benzene rings is 2. The van der Waals surface area contributed by atoms with Crippen molar-refractivity contribution >= 4 is 81.8 Å². The summed E-state index contributed by atoms with van der Waals surface area (Å²) < 4.78 is 0. The van der Waals surface area contributed by atoms with Crippen molar-refractivity contribution in [2.24, 2.45) is 28.1 Å². The van der Waals surface area contributed by atoms with Gasteiger partial charge in [-0.3, -0.25) is 57.7 Å². The highest BCUT2D eigenvalue weighted by molar-refractivity contribution is 6.00. The van der Waals surface area contributed by atoms with Crippen molar-refractivity contribution in [3.63, 3.8) is 0 Å². The number of rotatable bonds is 19. The molecule has 0 aliphatic carbocycles. The molecule has 3 aliphatic heterocycles. The van der Waals surface area contributed by atoms with Crippen molar-refractivity contribution in [3.05, 3.63) is 71.9 Å². The van der Waals surface area contributed by atoms with Gasteiger partial charge in [0.2, 0.25) is 65.0 Å². The fourth-order valence-corrected chi connectivity index (χ4v) is 11.1. The largest absolute Gasteiger partial charge is 0.370 e. The standard InChI is InChI=1S/C59H85N15O11/c1-5-6-20-40(66-35(4)75)51(78)71-45-32-48(76)63-26-13-12-22-42(57(84)73-28-16-25-47(73)56(83)72-49(34(2)3)50(60)77)68-54(81)44(31-37-33-65-39-21-11-10-19-38(37)39)69-52(79)41(23-14-27-64-59(61)62)67-53(80)43(30-36-17-8-7-9-18-36)70-55(82)46-24-15-29-74(46)58(45)85/h7-11,17-19,21,33-34,40-47,49,65H,5-6,12-16,20,22-32H2,1-4H3,(H2,60,77)(H,63,76)(H,66,75)(H,67,80)(H,68,81)(H,69,79)(H,70,82)(H,71,78)(H,72,83)(H4,61,62,64)/t40-,41+,42+,43+,44+,45+,46+,47+,49+/m1/s1. The number of aromatic nitrogens is 1. The van der Waals surface area contributed by atoms with Gasteiger partial charge < -0.3 is 74.5 Å². The van der Waals surface area contributed by atoms with Crippen LogP contribution in [0.15, 0.2) is 65.8 Å². The third-order valence-corrected chi connectivity index (χ3v) is 15.6. The number of hydrogen-bond acceptors (Lipinski definition) is 12. The minimum Gasteiger partial charge on any atom is -0.370 e. The summed E-state index contributed by atoms with van der Waals surface area (Å²) in [5.74, 6) is -8.25. The van der Waals surface area contributed by atoms with E-state index in [4.69, 9.17) is 17.2 Å². The molecule has 4 heterocycles. The van der Waals surface area contributed by atoms with Crippen molar-refractivity contribution in [2.45, 2.75) is 178 Å². The van der Waals surface area contributed by atoms with Crippen LogP contribution < -0.4 is 59.7 Å². The van der Waals surface area contributed by atoms with Gasteiger partial charge >= 0.3 is 0 Å². The second kappa shape index (κ2) is 31.9. The van der Waals surface area contributed by atoms with Crippen LogP contribution in [0.4, 0.5) is 0 Å². The SMILES string of the molecule is CCCC[C@@H](NC(C)=O)C(=O)N[C@H]1CC(=O)NCCCC[C@@H](C(=O)N2CCC[C@H]2C(=O)N[C@H](C(N)=O)C(C)C)NC(=O)[C@H](Cc2c[nH]c3ccccc23)NC(=O)[C@H](CCCN=C(N)N)NC(=O)[C@H](Cc2ccccc2)NC(=O)[C@@H]2CCCN2C1=O. The molecule has 3 aromatic rings. The number of fused-ring (bicyclic) bond motifs is 2. The molecule has 15 N–H and O–H groups in total. The Labute approximate surface area is 494 Å². The predicted octanol–water partition coefficient (Wildman–Crippen LogP) is -0.576. The van der Waals surface area contributed by atoms with E-state index in [2.05, 4.69) is 52.5 Å². The summed E-state index contributed by atoms with van der Waals surface area (Å²) in [4.78, 5) is 166. The molecular weight excluding hydrogens is 1090 g/mol. The van der Waals surface area contributed by atoms with E-state index in [1.54, 1.807) is 50.4 Å². The van der Waals surface area contributed by atoms with Gasteiger partial charge in [-0.05, 0) is 87.3 Å². The van der Waals surface area contributed by atoms with E-state index in [-0.39, 0.29) is 102 Å².